The van der Waals surface area contributed by atoms with E-state index in [1.807, 2.05) is 0 Å². The van der Waals surface area contributed by atoms with Crippen molar-refractivity contribution in [3.05, 3.63) is 30.3 Å². The maximum absolute atomic E-state index is 13.5. The molecule has 1 heterocycles. The summed E-state index contributed by atoms with van der Waals surface area (Å²) < 4.78 is 26.6. The van der Waals surface area contributed by atoms with Crippen molar-refractivity contribution in [1.29, 1.82) is 0 Å². The number of alkyl halides is 1. The monoisotopic (exact) mass is 235 g/mol. The van der Waals surface area contributed by atoms with Gasteiger partial charge in [0.2, 0.25) is 0 Å². The van der Waals surface area contributed by atoms with E-state index in [0.29, 0.717) is 17.6 Å². The zero-order chi connectivity index (χ0) is 12.0. The van der Waals surface area contributed by atoms with Crippen molar-refractivity contribution < 1.29 is 8.78 Å². The van der Waals surface area contributed by atoms with Crippen LogP contribution < -0.4 is 4.90 Å². The van der Waals surface area contributed by atoms with Crippen LogP contribution in [0.25, 0.3) is 10.9 Å². The zero-order valence-corrected chi connectivity index (χ0v) is 9.27. The highest BCUT2D eigenvalue weighted by molar-refractivity contribution is 5.89. The number of fused-ring (bicyclic) bond motifs is 1. The Morgan fingerprint density at radius 2 is 2.12 bits per heavy atom. The standard InChI is InChI=1S/C12H11F2N3/c1-17(10-5-9(10)14)12-7-3-2-4-8(13)11(7)15-6-16-12/h2-4,6,9-10H,5H2,1H3/t9-,10-/m0/s1. The zero-order valence-electron chi connectivity index (χ0n) is 9.27. The van der Waals surface area contributed by atoms with Gasteiger partial charge in [-0.15, -0.1) is 0 Å². The summed E-state index contributed by atoms with van der Waals surface area (Å²) >= 11 is 0. The Hall–Kier alpha value is -1.78. The molecule has 2 atom stereocenters. The van der Waals surface area contributed by atoms with Gasteiger partial charge in [0.25, 0.3) is 0 Å². The van der Waals surface area contributed by atoms with Crippen LogP contribution in [0.15, 0.2) is 24.5 Å². The Labute approximate surface area is 97.1 Å². The molecule has 1 aliphatic rings. The van der Waals surface area contributed by atoms with Crippen LogP contribution in [0.5, 0.6) is 0 Å². The molecule has 2 aromatic rings. The minimum absolute atomic E-state index is 0.142. The van der Waals surface area contributed by atoms with Crippen LogP contribution in [0, 0.1) is 5.82 Å². The molecule has 17 heavy (non-hydrogen) atoms. The van der Waals surface area contributed by atoms with Crippen LogP contribution in [0.1, 0.15) is 6.42 Å². The lowest BCUT2D eigenvalue weighted by Crippen LogP contribution is -2.23. The van der Waals surface area contributed by atoms with Crippen molar-refractivity contribution in [3.8, 4) is 0 Å². The number of halogens is 2. The SMILES string of the molecule is CN(c1ncnc2c(F)cccc12)[C@H]1C[C@@H]1F. The first-order valence-corrected chi connectivity index (χ1v) is 5.44. The molecule has 3 rings (SSSR count). The van der Waals surface area contributed by atoms with Gasteiger partial charge in [-0.3, -0.25) is 0 Å². The highest BCUT2D eigenvalue weighted by Crippen LogP contribution is 2.35. The molecule has 0 saturated heterocycles. The predicted molar refractivity (Wildman–Crippen MR) is 61.2 cm³/mol. The van der Waals surface area contributed by atoms with Crippen LogP contribution in [-0.2, 0) is 0 Å². The fourth-order valence-corrected chi connectivity index (χ4v) is 2.03. The van der Waals surface area contributed by atoms with E-state index < -0.39 is 6.17 Å². The molecule has 1 saturated carbocycles. The second-order valence-corrected chi connectivity index (χ2v) is 4.26. The first-order chi connectivity index (χ1) is 8.18. The van der Waals surface area contributed by atoms with Crippen LogP contribution in [0.2, 0.25) is 0 Å². The van der Waals surface area contributed by atoms with Crippen molar-refractivity contribution in [3.63, 3.8) is 0 Å². The van der Waals surface area contributed by atoms with E-state index in [1.54, 1.807) is 24.1 Å². The quantitative estimate of drug-likeness (QED) is 0.799. The van der Waals surface area contributed by atoms with Gasteiger partial charge < -0.3 is 4.90 Å². The van der Waals surface area contributed by atoms with Gasteiger partial charge in [-0.05, 0) is 12.1 Å². The van der Waals surface area contributed by atoms with E-state index >= 15 is 0 Å². The average molecular weight is 235 g/mol. The number of nitrogens with zero attached hydrogens (tertiary/aromatic N) is 3. The van der Waals surface area contributed by atoms with E-state index in [9.17, 15) is 8.78 Å². The van der Waals surface area contributed by atoms with Gasteiger partial charge in [-0.2, -0.15) is 0 Å². The minimum atomic E-state index is -0.807. The fraction of sp³-hybridized carbons (Fsp3) is 0.333. The summed E-state index contributed by atoms with van der Waals surface area (Å²) in [6.07, 6.45) is 1.02. The molecule has 88 valence electrons. The maximum atomic E-state index is 13.5. The number of anilines is 1. The van der Waals surface area contributed by atoms with Gasteiger partial charge >= 0.3 is 0 Å². The molecular formula is C12H11F2N3. The largest absolute Gasteiger partial charge is 0.353 e. The van der Waals surface area contributed by atoms with Crippen molar-refractivity contribution in [2.24, 2.45) is 0 Å². The summed E-state index contributed by atoms with van der Waals surface area (Å²) in [6.45, 7) is 0. The number of aromatic nitrogens is 2. The third kappa shape index (κ3) is 1.62. The molecule has 1 aromatic heterocycles. The molecule has 1 aliphatic carbocycles. The Morgan fingerprint density at radius 1 is 1.35 bits per heavy atom. The molecule has 1 fully saturated rings. The lowest BCUT2D eigenvalue weighted by Gasteiger charge is -2.18. The van der Waals surface area contributed by atoms with Crippen molar-refractivity contribution in [2.45, 2.75) is 18.6 Å². The Balaban J connectivity index is 2.13. The second kappa shape index (κ2) is 3.61. The van der Waals surface area contributed by atoms with Crippen LogP contribution >= 0.6 is 0 Å². The second-order valence-electron chi connectivity index (χ2n) is 4.26. The first-order valence-electron chi connectivity index (χ1n) is 5.44. The predicted octanol–water partition coefficient (Wildman–Crippen LogP) is 2.32. The maximum Gasteiger partial charge on any atom is 0.149 e. The number of rotatable bonds is 2. The van der Waals surface area contributed by atoms with Crippen molar-refractivity contribution in [1.82, 2.24) is 9.97 Å². The average Bonchev–Trinajstić information content (AvgIpc) is 3.06. The van der Waals surface area contributed by atoms with Crippen LogP contribution in [-0.4, -0.2) is 29.2 Å². The Morgan fingerprint density at radius 3 is 2.82 bits per heavy atom. The third-order valence-electron chi connectivity index (χ3n) is 3.11. The van der Waals surface area contributed by atoms with Gasteiger partial charge in [0.05, 0.1) is 6.04 Å². The van der Waals surface area contributed by atoms with Crippen molar-refractivity contribution >= 4 is 16.7 Å². The summed E-state index contributed by atoms with van der Waals surface area (Å²) in [5.74, 6) is 0.201. The molecule has 3 nitrogen and oxygen atoms in total. The molecule has 1 aromatic carbocycles. The number of para-hydroxylation sites is 1. The molecule has 5 heteroatoms. The first kappa shape index (κ1) is 10.4. The topological polar surface area (TPSA) is 29.0 Å². The molecule has 0 unspecified atom stereocenters. The van der Waals surface area contributed by atoms with Gasteiger partial charge in [-0.1, -0.05) is 6.07 Å². The number of hydrogen-bond donors (Lipinski definition) is 0. The van der Waals surface area contributed by atoms with Crippen LogP contribution in [0.4, 0.5) is 14.6 Å². The summed E-state index contributed by atoms with van der Waals surface area (Å²) in [5.41, 5.74) is 0.278. The van der Waals surface area contributed by atoms with Crippen LogP contribution in [0.3, 0.4) is 0 Å². The van der Waals surface area contributed by atoms with E-state index in [4.69, 9.17) is 0 Å². The van der Waals surface area contributed by atoms with E-state index in [2.05, 4.69) is 9.97 Å². The molecule has 0 aliphatic heterocycles. The summed E-state index contributed by atoms with van der Waals surface area (Å²) in [4.78, 5) is 9.80. The fourth-order valence-electron chi connectivity index (χ4n) is 2.03. The molecule has 0 radical (unpaired) electrons. The lowest BCUT2D eigenvalue weighted by molar-refractivity contribution is 0.464. The van der Waals surface area contributed by atoms with E-state index in [1.165, 1.54) is 12.4 Å². The summed E-state index contributed by atoms with van der Waals surface area (Å²) in [6, 6.07) is 4.57. The molecule has 0 spiro atoms. The lowest BCUT2D eigenvalue weighted by atomic mass is 10.2. The Kier molecular flexibility index (Phi) is 2.21. The van der Waals surface area contributed by atoms with Crippen molar-refractivity contribution in [2.75, 3.05) is 11.9 Å². The van der Waals surface area contributed by atoms with Gasteiger partial charge in [-0.25, -0.2) is 18.7 Å². The van der Waals surface area contributed by atoms with E-state index in [-0.39, 0.29) is 17.4 Å². The molecule has 0 N–H and O–H groups in total. The number of hydrogen-bond acceptors (Lipinski definition) is 3. The molecule has 0 bridgehead atoms. The van der Waals surface area contributed by atoms with E-state index in [0.717, 1.165) is 0 Å². The van der Waals surface area contributed by atoms with Gasteiger partial charge in [0.15, 0.2) is 0 Å². The molecule has 0 amide bonds. The highest BCUT2D eigenvalue weighted by Gasteiger charge is 2.41. The Bertz CT molecular complexity index is 573. The summed E-state index contributed by atoms with van der Waals surface area (Å²) in [7, 11) is 1.77. The van der Waals surface area contributed by atoms with Gasteiger partial charge in [0, 0.05) is 18.9 Å². The highest BCUT2D eigenvalue weighted by atomic mass is 19.1. The summed E-state index contributed by atoms with van der Waals surface area (Å²) in [5, 5.41) is 0.620. The third-order valence-corrected chi connectivity index (χ3v) is 3.11. The number of benzene rings is 1. The normalized spacial score (nSPS) is 22.8. The minimum Gasteiger partial charge on any atom is -0.353 e. The molecular weight excluding hydrogens is 224 g/mol. The van der Waals surface area contributed by atoms with Gasteiger partial charge in [0.1, 0.15) is 29.7 Å². The smallest absolute Gasteiger partial charge is 0.149 e.